The first-order valence-electron chi connectivity index (χ1n) is 6.23. The van der Waals surface area contributed by atoms with Gasteiger partial charge in [-0.25, -0.2) is 13.4 Å². The summed E-state index contributed by atoms with van der Waals surface area (Å²) >= 11 is 0. The van der Waals surface area contributed by atoms with Gasteiger partial charge in [-0.2, -0.15) is 0 Å². The lowest BCUT2D eigenvalue weighted by molar-refractivity contribution is 0.389. The molecule has 0 aliphatic carbocycles. The molecule has 7 nitrogen and oxygen atoms in total. The van der Waals surface area contributed by atoms with E-state index in [0.717, 1.165) is 6.26 Å². The summed E-state index contributed by atoms with van der Waals surface area (Å²) in [7, 11) is -3.37. The first kappa shape index (κ1) is 13.6. The number of nitrogens with zero attached hydrogens (tertiary/aromatic N) is 3. The second-order valence-corrected chi connectivity index (χ2v) is 6.87. The molecule has 2 heterocycles. The van der Waals surface area contributed by atoms with Gasteiger partial charge in [0.1, 0.15) is 17.0 Å². The Balaban J connectivity index is 2.18. The number of nitrogen functional groups attached to an aromatic ring is 1. The highest BCUT2D eigenvalue weighted by atomic mass is 32.2. The van der Waals surface area contributed by atoms with Crippen LogP contribution in [0.3, 0.4) is 0 Å². The maximum atomic E-state index is 11.8. The highest BCUT2D eigenvalue weighted by Crippen LogP contribution is 2.25. The molecule has 1 aromatic carbocycles. The van der Waals surface area contributed by atoms with Crippen molar-refractivity contribution in [1.29, 1.82) is 0 Å². The second-order valence-electron chi connectivity index (χ2n) is 4.88. The van der Waals surface area contributed by atoms with Gasteiger partial charge >= 0.3 is 0 Å². The summed E-state index contributed by atoms with van der Waals surface area (Å²) in [5, 5.41) is 3.91. The summed E-state index contributed by atoms with van der Waals surface area (Å²) in [6.45, 7) is 2.17. The standard InChI is InChI=1S/C13H14N4O3S/c1-8-6-9(16-20-8)7-17-10-4-3-5-11(21(2,18)19)12(10)15-13(17)14/h3-6H,7H2,1-2H3,(H2,14,15). The lowest BCUT2D eigenvalue weighted by Crippen LogP contribution is -2.04. The number of imidazole rings is 1. The zero-order chi connectivity index (χ0) is 15.2. The van der Waals surface area contributed by atoms with Crippen molar-refractivity contribution < 1.29 is 12.9 Å². The molecule has 0 saturated carbocycles. The monoisotopic (exact) mass is 306 g/mol. The lowest BCUT2D eigenvalue weighted by atomic mass is 10.3. The number of sulfone groups is 1. The Morgan fingerprint density at radius 2 is 2.14 bits per heavy atom. The Hall–Kier alpha value is -2.35. The maximum absolute atomic E-state index is 11.8. The van der Waals surface area contributed by atoms with Crippen molar-refractivity contribution in [2.75, 3.05) is 12.0 Å². The maximum Gasteiger partial charge on any atom is 0.201 e. The molecule has 8 heteroatoms. The van der Waals surface area contributed by atoms with Crippen molar-refractivity contribution in [1.82, 2.24) is 14.7 Å². The number of rotatable bonds is 3. The van der Waals surface area contributed by atoms with Gasteiger partial charge in [0.15, 0.2) is 9.84 Å². The zero-order valence-electron chi connectivity index (χ0n) is 11.6. The molecule has 0 aliphatic heterocycles. The number of fused-ring (bicyclic) bond motifs is 1. The van der Waals surface area contributed by atoms with Gasteiger partial charge in [-0.1, -0.05) is 11.2 Å². The van der Waals surface area contributed by atoms with Gasteiger partial charge < -0.3 is 14.8 Å². The third-order valence-electron chi connectivity index (χ3n) is 3.17. The van der Waals surface area contributed by atoms with Crippen molar-refractivity contribution >= 4 is 26.8 Å². The van der Waals surface area contributed by atoms with Crippen LogP contribution in [0.15, 0.2) is 33.7 Å². The fourth-order valence-corrected chi connectivity index (χ4v) is 3.09. The number of para-hydroxylation sites is 1. The molecule has 0 saturated heterocycles. The van der Waals surface area contributed by atoms with Crippen LogP contribution in [0, 0.1) is 6.92 Å². The molecule has 2 N–H and O–H groups in total. The third-order valence-corrected chi connectivity index (χ3v) is 4.30. The van der Waals surface area contributed by atoms with E-state index in [-0.39, 0.29) is 10.8 Å². The molecular weight excluding hydrogens is 292 g/mol. The van der Waals surface area contributed by atoms with Crippen LogP contribution < -0.4 is 5.73 Å². The predicted molar refractivity (Wildman–Crippen MR) is 77.6 cm³/mol. The fraction of sp³-hybridized carbons (Fsp3) is 0.231. The van der Waals surface area contributed by atoms with Crippen LogP contribution in [0.25, 0.3) is 11.0 Å². The topological polar surface area (TPSA) is 104 Å². The first-order valence-corrected chi connectivity index (χ1v) is 8.12. The molecule has 0 aliphatic rings. The van der Waals surface area contributed by atoms with Crippen LogP contribution in [0.1, 0.15) is 11.5 Å². The minimum absolute atomic E-state index is 0.168. The molecule has 2 aromatic heterocycles. The minimum atomic E-state index is -3.37. The van der Waals surface area contributed by atoms with E-state index in [2.05, 4.69) is 10.1 Å². The minimum Gasteiger partial charge on any atom is -0.369 e. The number of benzene rings is 1. The van der Waals surface area contributed by atoms with E-state index in [0.29, 0.717) is 29.0 Å². The van der Waals surface area contributed by atoms with E-state index >= 15 is 0 Å². The van der Waals surface area contributed by atoms with Gasteiger partial charge in [0.2, 0.25) is 5.95 Å². The molecule has 0 radical (unpaired) electrons. The van der Waals surface area contributed by atoms with Gasteiger partial charge in [0.25, 0.3) is 0 Å². The smallest absolute Gasteiger partial charge is 0.201 e. The van der Waals surface area contributed by atoms with Gasteiger partial charge in [-0.3, -0.25) is 0 Å². The van der Waals surface area contributed by atoms with E-state index in [1.54, 1.807) is 29.7 Å². The van der Waals surface area contributed by atoms with E-state index < -0.39 is 9.84 Å². The average molecular weight is 306 g/mol. The SMILES string of the molecule is Cc1cc(Cn2c(N)nc3c(S(C)(=O)=O)cccc32)no1. The van der Waals surface area contributed by atoms with Crippen molar-refractivity contribution in [2.45, 2.75) is 18.4 Å². The summed E-state index contributed by atoms with van der Waals surface area (Å²) in [4.78, 5) is 4.35. The number of aromatic nitrogens is 3. The second kappa shape index (κ2) is 4.59. The Kier molecular flexibility index (Phi) is 2.98. The summed E-state index contributed by atoms with van der Waals surface area (Å²) in [6.07, 6.45) is 1.15. The largest absolute Gasteiger partial charge is 0.369 e. The van der Waals surface area contributed by atoms with Gasteiger partial charge in [-0.15, -0.1) is 0 Å². The van der Waals surface area contributed by atoms with E-state index in [1.807, 2.05) is 0 Å². The van der Waals surface area contributed by atoms with Crippen LogP contribution in [-0.4, -0.2) is 29.4 Å². The summed E-state index contributed by atoms with van der Waals surface area (Å²) in [5.74, 6) is 0.937. The summed E-state index contributed by atoms with van der Waals surface area (Å²) in [5.41, 5.74) is 7.64. The van der Waals surface area contributed by atoms with Crippen LogP contribution in [0.2, 0.25) is 0 Å². The molecule has 3 aromatic rings. The molecular formula is C13H14N4O3S. The van der Waals surface area contributed by atoms with Gasteiger partial charge in [-0.05, 0) is 19.1 Å². The quantitative estimate of drug-likeness (QED) is 0.783. The summed E-state index contributed by atoms with van der Waals surface area (Å²) < 4.78 is 30.4. The molecule has 0 fully saturated rings. The van der Waals surface area contributed by atoms with E-state index in [9.17, 15) is 8.42 Å². The average Bonchev–Trinajstić information content (AvgIpc) is 2.93. The lowest BCUT2D eigenvalue weighted by Gasteiger charge is -2.04. The highest BCUT2D eigenvalue weighted by Gasteiger charge is 2.18. The molecule has 110 valence electrons. The molecule has 21 heavy (non-hydrogen) atoms. The Labute approximate surface area is 121 Å². The van der Waals surface area contributed by atoms with E-state index in [1.165, 1.54) is 6.07 Å². The van der Waals surface area contributed by atoms with Crippen LogP contribution >= 0.6 is 0 Å². The fourth-order valence-electron chi connectivity index (χ4n) is 2.26. The molecule has 0 amide bonds. The Morgan fingerprint density at radius 1 is 1.38 bits per heavy atom. The van der Waals surface area contributed by atoms with Gasteiger partial charge in [0.05, 0.1) is 17.0 Å². The number of nitrogens with two attached hydrogens (primary N) is 1. The van der Waals surface area contributed by atoms with E-state index in [4.69, 9.17) is 10.3 Å². The van der Waals surface area contributed by atoms with Crippen LogP contribution in [0.4, 0.5) is 5.95 Å². The first-order chi connectivity index (χ1) is 9.86. The predicted octanol–water partition coefficient (Wildman–Crippen LogP) is 1.37. The molecule has 0 spiro atoms. The molecule has 0 bridgehead atoms. The Morgan fingerprint density at radius 3 is 2.76 bits per heavy atom. The summed E-state index contributed by atoms with van der Waals surface area (Å²) in [6, 6.07) is 6.77. The van der Waals surface area contributed by atoms with Crippen LogP contribution in [0.5, 0.6) is 0 Å². The third kappa shape index (κ3) is 2.38. The number of hydrogen-bond acceptors (Lipinski definition) is 6. The normalized spacial score (nSPS) is 12.1. The highest BCUT2D eigenvalue weighted by molar-refractivity contribution is 7.91. The van der Waals surface area contributed by atoms with Crippen molar-refractivity contribution in [3.8, 4) is 0 Å². The van der Waals surface area contributed by atoms with Crippen molar-refractivity contribution in [2.24, 2.45) is 0 Å². The van der Waals surface area contributed by atoms with Gasteiger partial charge in [0, 0.05) is 12.3 Å². The van der Waals surface area contributed by atoms with Crippen molar-refractivity contribution in [3.63, 3.8) is 0 Å². The van der Waals surface area contributed by atoms with Crippen molar-refractivity contribution in [3.05, 3.63) is 35.7 Å². The van der Waals surface area contributed by atoms with Crippen LogP contribution in [-0.2, 0) is 16.4 Å². The Bertz CT molecular complexity index is 924. The number of aryl methyl sites for hydroxylation is 1. The number of anilines is 1. The zero-order valence-corrected chi connectivity index (χ0v) is 12.4. The molecule has 3 rings (SSSR count). The number of hydrogen-bond donors (Lipinski definition) is 1. The molecule has 0 atom stereocenters. The molecule has 0 unspecified atom stereocenters.